The molecule has 1 heteroatoms. The molecule has 0 amide bonds. The van der Waals surface area contributed by atoms with Crippen LogP contribution in [0.4, 0.5) is 0 Å². The van der Waals surface area contributed by atoms with Gasteiger partial charge >= 0.3 is 0 Å². The van der Waals surface area contributed by atoms with Crippen molar-refractivity contribution in [1.82, 2.24) is 0 Å². The molecular weight excluding hydrogens is 316 g/mol. The maximum absolute atomic E-state index is 12.3. The summed E-state index contributed by atoms with van der Waals surface area (Å²) in [5, 5.41) is 0. The van der Waals surface area contributed by atoms with Gasteiger partial charge in [0.1, 0.15) is 0 Å². The largest absolute Gasteiger partial charge is 0.295 e. The summed E-state index contributed by atoms with van der Waals surface area (Å²) in [5.74, 6) is 0.146. The Kier molecular flexibility index (Phi) is 5.71. The number of ketones is 1. The SMILES string of the molecule is C=C(C)/C(C(C)=O)=C(\C)C1(C)CCCC1(C)Cc1ccc(C)c(C)c1C. The molecule has 2 rings (SSSR count). The standard InChI is InChI=1S/C25H36O/c1-16(2)23(21(7)26)20(6)25(9)14-10-13-24(25,8)15-22-12-11-17(3)18(4)19(22)5/h11-12H,1,10,13-15H2,2-9H3/b23-20-. The van der Waals surface area contributed by atoms with Crippen molar-refractivity contribution in [2.75, 3.05) is 0 Å². The number of allylic oxidation sites excluding steroid dienone is 3. The smallest absolute Gasteiger partial charge is 0.160 e. The Morgan fingerprint density at radius 2 is 1.65 bits per heavy atom. The first kappa shape index (κ1) is 20.7. The van der Waals surface area contributed by atoms with E-state index in [0.29, 0.717) is 0 Å². The van der Waals surface area contributed by atoms with Crippen LogP contribution in [0.25, 0.3) is 0 Å². The number of hydrogen-bond donors (Lipinski definition) is 0. The Bertz CT molecular complexity index is 764. The minimum absolute atomic E-state index is 0.0260. The molecule has 0 bridgehead atoms. The molecule has 0 spiro atoms. The second-order valence-electron chi connectivity index (χ2n) is 9.05. The number of carbonyl (C=O) groups excluding carboxylic acids is 1. The van der Waals surface area contributed by atoms with E-state index in [1.165, 1.54) is 40.7 Å². The third kappa shape index (κ3) is 3.33. The molecule has 2 atom stereocenters. The number of hydrogen-bond acceptors (Lipinski definition) is 1. The van der Waals surface area contributed by atoms with Crippen LogP contribution in [0.3, 0.4) is 0 Å². The van der Waals surface area contributed by atoms with Crippen LogP contribution in [0.15, 0.2) is 35.4 Å². The maximum atomic E-state index is 12.3. The predicted molar refractivity (Wildman–Crippen MR) is 113 cm³/mol. The molecule has 0 heterocycles. The monoisotopic (exact) mass is 352 g/mol. The van der Waals surface area contributed by atoms with Gasteiger partial charge in [-0.1, -0.05) is 44.6 Å². The Balaban J connectivity index is 2.54. The lowest BCUT2D eigenvalue weighted by Crippen LogP contribution is -2.37. The van der Waals surface area contributed by atoms with E-state index in [-0.39, 0.29) is 16.6 Å². The average molecular weight is 353 g/mol. The first-order chi connectivity index (χ1) is 11.9. The lowest BCUT2D eigenvalue weighted by atomic mass is 9.60. The maximum Gasteiger partial charge on any atom is 0.160 e. The molecule has 1 aromatic carbocycles. The summed E-state index contributed by atoms with van der Waals surface area (Å²) in [6.45, 7) is 21.4. The van der Waals surface area contributed by atoms with E-state index < -0.39 is 0 Å². The highest BCUT2D eigenvalue weighted by molar-refractivity contribution is 5.98. The van der Waals surface area contributed by atoms with Crippen LogP contribution in [0, 0.1) is 31.6 Å². The molecular formula is C25H36O. The van der Waals surface area contributed by atoms with Crippen molar-refractivity contribution in [2.45, 2.75) is 81.1 Å². The lowest BCUT2D eigenvalue weighted by molar-refractivity contribution is -0.113. The van der Waals surface area contributed by atoms with Gasteiger partial charge in [-0.05, 0) is 99.5 Å². The van der Waals surface area contributed by atoms with Crippen molar-refractivity contribution < 1.29 is 4.79 Å². The van der Waals surface area contributed by atoms with Crippen LogP contribution in [0.1, 0.15) is 76.1 Å². The molecule has 1 fully saturated rings. The van der Waals surface area contributed by atoms with Gasteiger partial charge in [-0.2, -0.15) is 0 Å². The van der Waals surface area contributed by atoms with Crippen molar-refractivity contribution in [3.8, 4) is 0 Å². The summed E-state index contributed by atoms with van der Waals surface area (Å²) in [7, 11) is 0. The van der Waals surface area contributed by atoms with Gasteiger partial charge in [0.2, 0.25) is 0 Å². The molecule has 1 aliphatic rings. The number of carbonyl (C=O) groups is 1. The zero-order valence-electron chi connectivity index (χ0n) is 18.1. The van der Waals surface area contributed by atoms with Gasteiger partial charge in [0, 0.05) is 5.57 Å². The number of aryl methyl sites for hydroxylation is 1. The predicted octanol–water partition coefficient (Wildman–Crippen LogP) is 6.83. The van der Waals surface area contributed by atoms with E-state index in [0.717, 1.165) is 24.0 Å². The number of Topliss-reactive ketones (excluding diaryl/α,β-unsaturated/α-hetero) is 1. The molecule has 142 valence electrons. The van der Waals surface area contributed by atoms with E-state index in [9.17, 15) is 4.79 Å². The van der Waals surface area contributed by atoms with Gasteiger partial charge in [-0.15, -0.1) is 0 Å². The van der Waals surface area contributed by atoms with Crippen LogP contribution < -0.4 is 0 Å². The number of benzene rings is 1. The van der Waals surface area contributed by atoms with Crippen molar-refractivity contribution in [1.29, 1.82) is 0 Å². The first-order valence-corrected chi connectivity index (χ1v) is 9.88. The summed E-state index contributed by atoms with van der Waals surface area (Å²) >= 11 is 0. The van der Waals surface area contributed by atoms with Crippen molar-refractivity contribution >= 4 is 5.78 Å². The van der Waals surface area contributed by atoms with Gasteiger partial charge in [-0.25, -0.2) is 0 Å². The first-order valence-electron chi connectivity index (χ1n) is 9.88. The van der Waals surface area contributed by atoms with Gasteiger partial charge in [0.05, 0.1) is 0 Å². The van der Waals surface area contributed by atoms with Gasteiger partial charge in [0.15, 0.2) is 5.78 Å². The summed E-state index contributed by atoms with van der Waals surface area (Å²) in [6.07, 6.45) is 4.63. The highest BCUT2D eigenvalue weighted by atomic mass is 16.1. The van der Waals surface area contributed by atoms with E-state index in [4.69, 9.17) is 0 Å². The molecule has 1 saturated carbocycles. The molecule has 1 aromatic rings. The van der Waals surface area contributed by atoms with Gasteiger partial charge < -0.3 is 0 Å². The van der Waals surface area contributed by atoms with E-state index in [2.05, 4.69) is 60.3 Å². The van der Waals surface area contributed by atoms with Crippen LogP contribution in [-0.4, -0.2) is 5.78 Å². The van der Waals surface area contributed by atoms with E-state index in [1.807, 2.05) is 6.92 Å². The summed E-state index contributed by atoms with van der Waals surface area (Å²) in [5.41, 5.74) is 8.82. The fourth-order valence-electron chi connectivity index (χ4n) is 5.12. The van der Waals surface area contributed by atoms with Crippen LogP contribution in [0.5, 0.6) is 0 Å². The van der Waals surface area contributed by atoms with Gasteiger partial charge in [-0.3, -0.25) is 4.79 Å². The fourth-order valence-corrected chi connectivity index (χ4v) is 5.12. The molecule has 26 heavy (non-hydrogen) atoms. The van der Waals surface area contributed by atoms with Crippen molar-refractivity contribution in [3.63, 3.8) is 0 Å². The number of rotatable bonds is 5. The molecule has 0 radical (unpaired) electrons. The molecule has 0 saturated heterocycles. The zero-order valence-corrected chi connectivity index (χ0v) is 18.1. The minimum Gasteiger partial charge on any atom is -0.295 e. The highest BCUT2D eigenvalue weighted by Crippen LogP contribution is 2.59. The van der Waals surface area contributed by atoms with Crippen molar-refractivity contribution in [3.05, 3.63) is 57.7 Å². The Morgan fingerprint density at radius 1 is 1.04 bits per heavy atom. The topological polar surface area (TPSA) is 17.1 Å². The molecule has 1 nitrogen and oxygen atoms in total. The fraction of sp³-hybridized carbons (Fsp3) is 0.560. The average Bonchev–Trinajstić information content (AvgIpc) is 2.84. The molecule has 0 aliphatic heterocycles. The molecule has 0 aromatic heterocycles. The third-order valence-corrected chi connectivity index (χ3v) is 7.47. The quantitative estimate of drug-likeness (QED) is 0.419. The van der Waals surface area contributed by atoms with Crippen molar-refractivity contribution in [2.24, 2.45) is 10.8 Å². The second kappa shape index (κ2) is 7.18. The summed E-state index contributed by atoms with van der Waals surface area (Å²) < 4.78 is 0. The molecule has 1 aliphatic carbocycles. The minimum atomic E-state index is 0.0260. The lowest BCUT2D eigenvalue weighted by Gasteiger charge is -2.44. The third-order valence-electron chi connectivity index (χ3n) is 7.47. The Morgan fingerprint density at radius 3 is 2.19 bits per heavy atom. The normalized spacial score (nSPS) is 26.6. The van der Waals surface area contributed by atoms with Gasteiger partial charge in [0.25, 0.3) is 0 Å². The summed E-state index contributed by atoms with van der Waals surface area (Å²) in [6, 6.07) is 4.57. The molecule has 2 unspecified atom stereocenters. The highest BCUT2D eigenvalue weighted by Gasteiger charge is 2.50. The van der Waals surface area contributed by atoms with E-state index >= 15 is 0 Å². The Labute approximate surface area is 160 Å². The summed E-state index contributed by atoms with van der Waals surface area (Å²) in [4.78, 5) is 12.3. The zero-order chi connectivity index (χ0) is 19.9. The van der Waals surface area contributed by atoms with Crippen LogP contribution in [-0.2, 0) is 11.2 Å². The second-order valence-corrected chi connectivity index (χ2v) is 9.05. The van der Waals surface area contributed by atoms with Crippen LogP contribution >= 0.6 is 0 Å². The van der Waals surface area contributed by atoms with Crippen LogP contribution in [0.2, 0.25) is 0 Å². The Hall–Kier alpha value is -1.63. The van der Waals surface area contributed by atoms with E-state index in [1.54, 1.807) is 6.92 Å². The molecule has 0 N–H and O–H groups in total.